The quantitative estimate of drug-likeness (QED) is 0.440. The molecule has 0 saturated heterocycles. The Balaban J connectivity index is 1.47. The van der Waals surface area contributed by atoms with E-state index in [1.807, 2.05) is 0 Å². The number of hydrogen-bond acceptors (Lipinski definition) is 9. The lowest BCUT2D eigenvalue weighted by molar-refractivity contribution is 0.174. The Kier molecular flexibility index (Phi) is 6.20. The number of hydrogen-bond donors (Lipinski definition) is 2. The highest BCUT2D eigenvalue weighted by molar-refractivity contribution is 7.99. The van der Waals surface area contributed by atoms with Crippen LogP contribution in [0.1, 0.15) is 33.6 Å². The van der Waals surface area contributed by atoms with Crippen LogP contribution in [0.5, 0.6) is 11.5 Å². The maximum Gasteiger partial charge on any atom is 0.231 e. The Morgan fingerprint density at radius 1 is 1.21 bits per heavy atom. The molecule has 5 rings (SSSR count). The van der Waals surface area contributed by atoms with Gasteiger partial charge in [-0.15, -0.1) is 0 Å². The van der Waals surface area contributed by atoms with Gasteiger partial charge < -0.3 is 30.0 Å². The summed E-state index contributed by atoms with van der Waals surface area (Å²) < 4.78 is 13.5. The molecule has 0 bridgehead atoms. The van der Waals surface area contributed by atoms with E-state index in [4.69, 9.17) is 20.2 Å². The van der Waals surface area contributed by atoms with Crippen molar-refractivity contribution in [2.75, 3.05) is 44.1 Å². The van der Waals surface area contributed by atoms with Gasteiger partial charge in [0.1, 0.15) is 6.33 Å². The van der Waals surface area contributed by atoms with Crippen molar-refractivity contribution in [3.05, 3.63) is 18.5 Å². The fourth-order valence-electron chi connectivity index (χ4n) is 4.04. The number of rotatable bonds is 9. The third-order valence-electron chi connectivity index (χ3n) is 5.99. The number of fused-ring (bicyclic) bond motifs is 2. The second-order valence-corrected chi connectivity index (χ2v) is 11.3. The van der Waals surface area contributed by atoms with E-state index in [1.165, 1.54) is 19.2 Å². The van der Waals surface area contributed by atoms with Gasteiger partial charge >= 0.3 is 0 Å². The number of nitrogens with one attached hydrogen (secondary N) is 1. The van der Waals surface area contributed by atoms with Crippen molar-refractivity contribution < 1.29 is 9.47 Å². The standard InChI is InChI=1S/C24H33N7O2S/c1-24(2,3)12-26-7-8-31-22-20(21(25)27-13-28-22)29-23(31)34-19-10-18-17(32-14-33-18)9-16(19)30(4)11-15-5-6-15/h9-10,13,15,26H,5-8,11-12,14H2,1-4H3,(H2,25,27,28). The zero-order valence-electron chi connectivity index (χ0n) is 20.3. The van der Waals surface area contributed by atoms with Crippen LogP contribution < -0.4 is 25.4 Å². The van der Waals surface area contributed by atoms with Crippen molar-refractivity contribution in [2.24, 2.45) is 11.3 Å². The number of imidazole rings is 1. The third-order valence-corrected chi connectivity index (χ3v) is 7.03. The summed E-state index contributed by atoms with van der Waals surface area (Å²) >= 11 is 1.60. The highest BCUT2D eigenvalue weighted by Gasteiger charge is 2.27. The summed E-state index contributed by atoms with van der Waals surface area (Å²) in [5.41, 5.74) is 8.88. The predicted molar refractivity (Wildman–Crippen MR) is 135 cm³/mol. The lowest BCUT2D eigenvalue weighted by Gasteiger charge is -2.23. The van der Waals surface area contributed by atoms with E-state index >= 15 is 0 Å². The first kappa shape index (κ1) is 23.0. The first-order valence-corrected chi connectivity index (χ1v) is 12.6. The molecular formula is C24H33N7O2S. The van der Waals surface area contributed by atoms with E-state index in [0.29, 0.717) is 11.3 Å². The molecule has 34 heavy (non-hydrogen) atoms. The molecule has 0 unspecified atom stereocenters. The topological polar surface area (TPSA) is 103 Å². The van der Waals surface area contributed by atoms with E-state index in [9.17, 15) is 0 Å². The summed E-state index contributed by atoms with van der Waals surface area (Å²) in [6, 6.07) is 4.14. The predicted octanol–water partition coefficient (Wildman–Crippen LogP) is 3.77. The monoisotopic (exact) mass is 483 g/mol. The molecule has 0 atom stereocenters. The molecule has 3 aromatic rings. The van der Waals surface area contributed by atoms with Crippen LogP contribution in [0, 0.1) is 11.3 Å². The molecule has 3 heterocycles. The third kappa shape index (κ3) is 5.02. The average molecular weight is 484 g/mol. The van der Waals surface area contributed by atoms with Gasteiger partial charge in [0, 0.05) is 50.3 Å². The van der Waals surface area contributed by atoms with E-state index in [2.05, 4.69) is 64.7 Å². The highest BCUT2D eigenvalue weighted by Crippen LogP contribution is 2.45. The summed E-state index contributed by atoms with van der Waals surface area (Å²) in [6.07, 6.45) is 4.10. The Labute approximate surface area is 204 Å². The average Bonchev–Trinajstić information content (AvgIpc) is 3.35. The molecule has 1 fully saturated rings. The fraction of sp³-hybridized carbons (Fsp3) is 0.542. The molecule has 3 N–H and O–H groups in total. The van der Waals surface area contributed by atoms with Crippen LogP contribution in [-0.4, -0.2) is 53.0 Å². The minimum absolute atomic E-state index is 0.217. The number of ether oxygens (including phenoxy) is 2. The molecule has 182 valence electrons. The Morgan fingerprint density at radius 3 is 2.71 bits per heavy atom. The van der Waals surface area contributed by atoms with Gasteiger partial charge in [-0.05, 0) is 35.9 Å². The number of aromatic nitrogens is 4. The van der Waals surface area contributed by atoms with Crippen molar-refractivity contribution in [1.29, 1.82) is 0 Å². The zero-order chi connectivity index (χ0) is 23.9. The molecule has 10 heteroatoms. The van der Waals surface area contributed by atoms with Gasteiger partial charge in [-0.3, -0.25) is 0 Å². The minimum atomic E-state index is 0.217. The largest absolute Gasteiger partial charge is 0.454 e. The van der Waals surface area contributed by atoms with E-state index in [1.54, 1.807) is 11.8 Å². The van der Waals surface area contributed by atoms with Gasteiger partial charge in [-0.1, -0.05) is 20.8 Å². The van der Waals surface area contributed by atoms with Gasteiger partial charge in [-0.25, -0.2) is 15.0 Å². The summed E-state index contributed by atoms with van der Waals surface area (Å²) in [6.45, 7) is 10.4. The summed E-state index contributed by atoms with van der Waals surface area (Å²) in [5.74, 6) is 2.71. The number of nitrogen functional groups attached to an aromatic ring is 1. The Bertz CT molecular complexity index is 1190. The van der Waals surface area contributed by atoms with Crippen molar-refractivity contribution in [3.8, 4) is 11.5 Å². The first-order valence-electron chi connectivity index (χ1n) is 11.8. The Morgan fingerprint density at radius 2 is 1.97 bits per heavy atom. The second-order valence-electron chi connectivity index (χ2n) is 10.3. The van der Waals surface area contributed by atoms with E-state index < -0.39 is 0 Å². The van der Waals surface area contributed by atoms with Crippen molar-refractivity contribution >= 4 is 34.4 Å². The maximum atomic E-state index is 6.16. The Hall–Kier alpha value is -2.72. The van der Waals surface area contributed by atoms with Crippen LogP contribution >= 0.6 is 11.8 Å². The number of anilines is 2. The van der Waals surface area contributed by atoms with Crippen molar-refractivity contribution in [3.63, 3.8) is 0 Å². The molecule has 0 radical (unpaired) electrons. The van der Waals surface area contributed by atoms with Gasteiger partial charge in [0.05, 0.1) is 5.69 Å². The second kappa shape index (κ2) is 9.14. The minimum Gasteiger partial charge on any atom is -0.454 e. The summed E-state index contributed by atoms with van der Waals surface area (Å²) in [7, 11) is 2.14. The van der Waals surface area contributed by atoms with Crippen LogP contribution in [-0.2, 0) is 6.54 Å². The number of benzene rings is 1. The fourth-order valence-corrected chi connectivity index (χ4v) is 5.15. The van der Waals surface area contributed by atoms with Crippen molar-refractivity contribution in [1.82, 2.24) is 24.8 Å². The van der Waals surface area contributed by atoms with Gasteiger partial charge in [0.2, 0.25) is 6.79 Å². The summed E-state index contributed by atoms with van der Waals surface area (Å²) in [4.78, 5) is 16.9. The molecule has 2 aliphatic rings. The normalized spacial score (nSPS) is 15.3. The van der Waals surface area contributed by atoms with Crippen LogP contribution in [0.3, 0.4) is 0 Å². The van der Waals surface area contributed by atoms with Gasteiger partial charge in [0.15, 0.2) is 33.6 Å². The van der Waals surface area contributed by atoms with E-state index in [-0.39, 0.29) is 12.2 Å². The molecule has 9 nitrogen and oxygen atoms in total. The smallest absolute Gasteiger partial charge is 0.231 e. The first-order chi connectivity index (χ1) is 16.3. The molecule has 1 saturated carbocycles. The molecular weight excluding hydrogens is 450 g/mol. The lowest BCUT2D eigenvalue weighted by atomic mass is 9.97. The van der Waals surface area contributed by atoms with Crippen LogP contribution in [0.4, 0.5) is 11.5 Å². The molecule has 1 aromatic carbocycles. The van der Waals surface area contributed by atoms with Crippen LogP contribution in [0.2, 0.25) is 0 Å². The molecule has 0 spiro atoms. The highest BCUT2D eigenvalue weighted by atomic mass is 32.2. The summed E-state index contributed by atoms with van der Waals surface area (Å²) in [5, 5.41) is 4.38. The number of nitrogens with two attached hydrogens (primary N) is 1. The van der Waals surface area contributed by atoms with Gasteiger partial charge in [0.25, 0.3) is 0 Å². The van der Waals surface area contributed by atoms with E-state index in [0.717, 1.165) is 65.0 Å². The molecule has 0 amide bonds. The van der Waals surface area contributed by atoms with Crippen molar-refractivity contribution in [2.45, 2.75) is 50.2 Å². The van der Waals surface area contributed by atoms with Gasteiger partial charge in [-0.2, -0.15) is 0 Å². The lowest BCUT2D eigenvalue weighted by Crippen LogP contribution is -2.29. The molecule has 1 aliphatic carbocycles. The SMILES string of the molecule is CN(CC1CC1)c1cc2c(cc1Sc1nc3c(N)ncnc3n1CCNCC(C)(C)C)OCO2. The maximum absolute atomic E-state index is 6.16. The number of nitrogens with zero attached hydrogens (tertiary/aromatic N) is 5. The molecule has 1 aliphatic heterocycles. The van der Waals surface area contributed by atoms with Crippen LogP contribution in [0.25, 0.3) is 11.2 Å². The van der Waals surface area contributed by atoms with Crippen LogP contribution in [0.15, 0.2) is 28.5 Å². The molecule has 2 aromatic heterocycles. The zero-order valence-corrected chi connectivity index (χ0v) is 21.1.